The average Bonchev–Trinajstić information content (AvgIpc) is 2.91. The summed E-state index contributed by atoms with van der Waals surface area (Å²) in [6.45, 7) is 3.00. The molecule has 1 N–H and O–H groups in total. The van der Waals surface area contributed by atoms with Crippen LogP contribution in [-0.2, 0) is 26.2 Å². The Morgan fingerprint density at radius 2 is 1.55 bits per heavy atom. The van der Waals surface area contributed by atoms with E-state index in [9.17, 15) is 26.8 Å². The third kappa shape index (κ3) is 7.16. The number of hydrogen-bond donors (Lipinski definition) is 1. The summed E-state index contributed by atoms with van der Waals surface area (Å²) in [4.78, 5) is 27.5. The third-order valence-electron chi connectivity index (χ3n) is 6.02. The van der Waals surface area contributed by atoms with Gasteiger partial charge < -0.3 is 10.2 Å². The zero-order valence-electron chi connectivity index (χ0n) is 21.3. The maximum Gasteiger partial charge on any atom is 0.264 e. The highest BCUT2D eigenvalue weighted by molar-refractivity contribution is 7.92. The molecule has 0 aliphatic rings. The molecule has 10 heteroatoms. The average molecular weight is 544 g/mol. The molecule has 0 fully saturated rings. The molecular formula is C28H31F2N3O4S. The van der Waals surface area contributed by atoms with Gasteiger partial charge in [-0.1, -0.05) is 49.7 Å². The maximum absolute atomic E-state index is 14.5. The van der Waals surface area contributed by atoms with E-state index < -0.39 is 46.1 Å². The molecule has 3 rings (SSSR count). The molecule has 2 amide bonds. The highest BCUT2D eigenvalue weighted by Gasteiger charge is 2.32. The zero-order valence-corrected chi connectivity index (χ0v) is 22.1. The Morgan fingerprint density at radius 3 is 2.18 bits per heavy atom. The van der Waals surface area contributed by atoms with Crippen molar-refractivity contribution in [3.05, 3.63) is 96.1 Å². The number of nitrogens with one attached hydrogen (secondary N) is 1. The number of para-hydroxylation sites is 1. The molecule has 3 aromatic carbocycles. The van der Waals surface area contributed by atoms with Gasteiger partial charge in [0.15, 0.2) is 0 Å². The van der Waals surface area contributed by atoms with Crippen LogP contribution in [0, 0.1) is 11.6 Å². The standard InChI is InChI=1S/C28H31F2N3O4S/c1-3-4-18-31-28(35)21(2)32(19-22-10-8-9-13-26(22)30)27(34)20-33(24-11-6-5-7-12-24)38(36,37)25-16-14-23(29)15-17-25/h5-17,21H,3-4,18-20H2,1-2H3,(H,31,35). The van der Waals surface area contributed by atoms with Gasteiger partial charge in [-0.2, -0.15) is 0 Å². The first kappa shape index (κ1) is 28.8. The minimum absolute atomic E-state index is 0.182. The Bertz CT molecular complexity index is 1340. The molecule has 0 heterocycles. The van der Waals surface area contributed by atoms with Gasteiger partial charge in [0.05, 0.1) is 10.6 Å². The summed E-state index contributed by atoms with van der Waals surface area (Å²) in [5, 5.41) is 2.77. The molecule has 0 bridgehead atoms. The fraction of sp³-hybridized carbons (Fsp3) is 0.286. The molecule has 1 unspecified atom stereocenters. The van der Waals surface area contributed by atoms with Crippen LogP contribution >= 0.6 is 0 Å². The lowest BCUT2D eigenvalue weighted by molar-refractivity contribution is -0.139. The highest BCUT2D eigenvalue weighted by atomic mass is 32.2. The normalized spacial score (nSPS) is 12.0. The Labute approximate surface area is 222 Å². The molecule has 202 valence electrons. The number of nitrogens with zero attached hydrogens (tertiary/aromatic N) is 2. The van der Waals surface area contributed by atoms with E-state index in [4.69, 9.17) is 0 Å². The predicted molar refractivity (Wildman–Crippen MR) is 142 cm³/mol. The Morgan fingerprint density at radius 1 is 0.921 bits per heavy atom. The van der Waals surface area contributed by atoms with Crippen molar-refractivity contribution in [3.63, 3.8) is 0 Å². The first-order chi connectivity index (χ1) is 18.1. The molecule has 0 radical (unpaired) electrons. The lowest BCUT2D eigenvalue weighted by atomic mass is 10.1. The molecule has 0 aliphatic carbocycles. The number of anilines is 1. The van der Waals surface area contributed by atoms with Crippen LogP contribution in [0.3, 0.4) is 0 Å². The monoisotopic (exact) mass is 543 g/mol. The molecular weight excluding hydrogens is 512 g/mol. The minimum atomic E-state index is -4.30. The van der Waals surface area contributed by atoms with Gasteiger partial charge in [-0.3, -0.25) is 13.9 Å². The van der Waals surface area contributed by atoms with Crippen molar-refractivity contribution in [2.45, 2.75) is 44.2 Å². The number of amides is 2. The number of carbonyl (C=O) groups excluding carboxylic acids is 2. The summed E-state index contributed by atoms with van der Waals surface area (Å²) in [5.74, 6) is -2.30. The molecule has 38 heavy (non-hydrogen) atoms. The van der Waals surface area contributed by atoms with Crippen molar-refractivity contribution in [1.82, 2.24) is 10.2 Å². The minimum Gasteiger partial charge on any atom is -0.354 e. The lowest BCUT2D eigenvalue weighted by Gasteiger charge is -2.32. The van der Waals surface area contributed by atoms with Gasteiger partial charge in [0.1, 0.15) is 24.2 Å². The van der Waals surface area contributed by atoms with Gasteiger partial charge in [0, 0.05) is 18.7 Å². The van der Waals surface area contributed by atoms with E-state index in [1.807, 2.05) is 6.92 Å². The van der Waals surface area contributed by atoms with Gasteiger partial charge in [-0.15, -0.1) is 0 Å². The van der Waals surface area contributed by atoms with E-state index in [0.717, 1.165) is 46.3 Å². The summed E-state index contributed by atoms with van der Waals surface area (Å²) in [7, 11) is -4.30. The first-order valence-electron chi connectivity index (χ1n) is 12.3. The van der Waals surface area contributed by atoms with E-state index in [0.29, 0.717) is 6.54 Å². The second-order valence-electron chi connectivity index (χ2n) is 8.73. The highest BCUT2D eigenvalue weighted by Crippen LogP contribution is 2.24. The number of sulfonamides is 1. The van der Waals surface area contributed by atoms with Gasteiger partial charge >= 0.3 is 0 Å². The number of benzene rings is 3. The third-order valence-corrected chi connectivity index (χ3v) is 7.81. The van der Waals surface area contributed by atoms with Crippen molar-refractivity contribution in [1.29, 1.82) is 0 Å². The number of halogens is 2. The zero-order chi connectivity index (χ0) is 27.7. The molecule has 0 spiro atoms. The molecule has 0 saturated heterocycles. The molecule has 0 aromatic heterocycles. The van der Waals surface area contributed by atoms with Crippen LogP contribution in [0.4, 0.5) is 14.5 Å². The van der Waals surface area contributed by atoms with Crippen LogP contribution in [0.5, 0.6) is 0 Å². The largest absolute Gasteiger partial charge is 0.354 e. The van der Waals surface area contributed by atoms with E-state index in [1.54, 1.807) is 24.3 Å². The van der Waals surface area contributed by atoms with Crippen LogP contribution in [-0.4, -0.2) is 44.3 Å². The van der Waals surface area contributed by atoms with Crippen LogP contribution in [0.1, 0.15) is 32.3 Å². The SMILES string of the molecule is CCCCNC(=O)C(C)N(Cc1ccccc1F)C(=O)CN(c1ccccc1)S(=O)(=O)c1ccc(F)cc1. The summed E-state index contributed by atoms with van der Waals surface area (Å²) < 4.78 is 56.1. The van der Waals surface area contributed by atoms with E-state index in [2.05, 4.69) is 5.32 Å². The van der Waals surface area contributed by atoms with Gasteiger partial charge in [0.2, 0.25) is 11.8 Å². The topological polar surface area (TPSA) is 86.8 Å². The fourth-order valence-corrected chi connectivity index (χ4v) is 5.20. The second kappa shape index (κ2) is 13.1. The summed E-state index contributed by atoms with van der Waals surface area (Å²) in [6, 6.07) is 17.1. The predicted octanol–water partition coefficient (Wildman–Crippen LogP) is 4.49. The van der Waals surface area contributed by atoms with Gasteiger partial charge in [-0.25, -0.2) is 17.2 Å². The van der Waals surface area contributed by atoms with Crippen LogP contribution in [0.15, 0.2) is 83.8 Å². The second-order valence-corrected chi connectivity index (χ2v) is 10.6. The van der Waals surface area contributed by atoms with Crippen molar-refractivity contribution < 1.29 is 26.8 Å². The van der Waals surface area contributed by atoms with Gasteiger partial charge in [-0.05, 0) is 55.8 Å². The fourth-order valence-electron chi connectivity index (χ4n) is 3.79. The van der Waals surface area contributed by atoms with Gasteiger partial charge in [0.25, 0.3) is 10.0 Å². The Kier molecular flexibility index (Phi) is 9.95. The number of hydrogen-bond acceptors (Lipinski definition) is 4. The van der Waals surface area contributed by atoms with Crippen LogP contribution < -0.4 is 9.62 Å². The smallest absolute Gasteiger partial charge is 0.264 e. The first-order valence-corrected chi connectivity index (χ1v) is 13.7. The number of carbonyl (C=O) groups is 2. The molecule has 0 aliphatic heterocycles. The Balaban J connectivity index is 1.98. The summed E-state index contributed by atoms with van der Waals surface area (Å²) in [6.07, 6.45) is 1.61. The molecule has 7 nitrogen and oxygen atoms in total. The van der Waals surface area contributed by atoms with Crippen molar-refractivity contribution in [2.24, 2.45) is 0 Å². The van der Waals surface area contributed by atoms with E-state index in [-0.39, 0.29) is 22.7 Å². The number of rotatable bonds is 12. The summed E-state index contributed by atoms with van der Waals surface area (Å²) in [5.41, 5.74) is 0.387. The maximum atomic E-state index is 14.5. The quantitative estimate of drug-likeness (QED) is 0.341. The molecule has 0 saturated carbocycles. The number of unbranched alkanes of at least 4 members (excludes halogenated alkanes) is 1. The van der Waals surface area contributed by atoms with Crippen LogP contribution in [0.25, 0.3) is 0 Å². The molecule has 3 aromatic rings. The summed E-state index contributed by atoms with van der Waals surface area (Å²) >= 11 is 0. The van der Waals surface area contributed by atoms with Crippen LogP contribution in [0.2, 0.25) is 0 Å². The lowest BCUT2D eigenvalue weighted by Crippen LogP contribution is -2.51. The van der Waals surface area contributed by atoms with Crippen molar-refractivity contribution >= 4 is 27.5 Å². The van der Waals surface area contributed by atoms with E-state index >= 15 is 0 Å². The van der Waals surface area contributed by atoms with E-state index in [1.165, 1.54) is 37.3 Å². The van der Waals surface area contributed by atoms with Crippen molar-refractivity contribution in [3.8, 4) is 0 Å². The Hall–Kier alpha value is -3.79. The van der Waals surface area contributed by atoms with Crippen molar-refractivity contribution in [2.75, 3.05) is 17.4 Å². The molecule has 1 atom stereocenters.